The molecule has 1 atom stereocenters. The summed E-state index contributed by atoms with van der Waals surface area (Å²) in [6.45, 7) is 1.87. The Hall–Kier alpha value is -1.39. The highest BCUT2D eigenvalue weighted by Crippen LogP contribution is 2.23. The van der Waals surface area contributed by atoms with E-state index in [2.05, 4.69) is 26.2 Å². The second-order valence-corrected chi connectivity index (χ2v) is 5.43. The number of aromatic nitrogens is 1. The number of aryl methyl sites for hydroxylation is 1. The number of rotatable bonds is 3. The molecule has 0 aliphatic carbocycles. The molecule has 0 radical (unpaired) electrons. The van der Waals surface area contributed by atoms with Gasteiger partial charge in [-0.2, -0.15) is 0 Å². The largest absolute Gasteiger partial charge is 0.309 e. The molecule has 3 nitrogen and oxygen atoms in total. The van der Waals surface area contributed by atoms with Gasteiger partial charge in [-0.05, 0) is 40.0 Å². The van der Waals surface area contributed by atoms with E-state index in [0.717, 1.165) is 15.6 Å². The van der Waals surface area contributed by atoms with Crippen molar-refractivity contribution in [3.63, 3.8) is 0 Å². The summed E-state index contributed by atoms with van der Waals surface area (Å²) in [6.07, 6.45) is 1.63. The van der Waals surface area contributed by atoms with Crippen LogP contribution >= 0.6 is 27.5 Å². The van der Waals surface area contributed by atoms with Crippen LogP contribution in [0.5, 0.6) is 0 Å². The maximum atomic E-state index is 12.1. The number of nitrogens with one attached hydrogen (secondary N) is 1. The van der Waals surface area contributed by atoms with E-state index in [0.29, 0.717) is 5.82 Å². The first-order chi connectivity index (χ1) is 9.08. The summed E-state index contributed by atoms with van der Waals surface area (Å²) in [6, 6.07) is 11.1. The highest BCUT2D eigenvalue weighted by atomic mass is 79.9. The summed E-state index contributed by atoms with van der Waals surface area (Å²) in [5, 5.41) is 2.00. The fraction of sp³-hybridized carbons (Fsp3) is 0.143. The molecule has 1 N–H and O–H groups in total. The van der Waals surface area contributed by atoms with Crippen LogP contribution in [0.3, 0.4) is 0 Å². The van der Waals surface area contributed by atoms with Crippen LogP contribution in [0.4, 0.5) is 5.82 Å². The Morgan fingerprint density at radius 2 is 2.05 bits per heavy atom. The van der Waals surface area contributed by atoms with Gasteiger partial charge in [0.25, 0.3) is 0 Å². The highest BCUT2D eigenvalue weighted by molar-refractivity contribution is 9.10. The van der Waals surface area contributed by atoms with Crippen molar-refractivity contribution in [3.8, 4) is 0 Å². The van der Waals surface area contributed by atoms with E-state index in [1.54, 1.807) is 6.20 Å². The number of amides is 1. The Balaban J connectivity index is 2.13. The Morgan fingerprint density at radius 3 is 2.68 bits per heavy atom. The van der Waals surface area contributed by atoms with E-state index in [-0.39, 0.29) is 5.91 Å². The molecular formula is C14H12BrClN2O. The van der Waals surface area contributed by atoms with Crippen LogP contribution in [-0.4, -0.2) is 10.9 Å². The molecule has 1 unspecified atom stereocenters. The van der Waals surface area contributed by atoms with Gasteiger partial charge in [-0.1, -0.05) is 30.3 Å². The lowest BCUT2D eigenvalue weighted by atomic mass is 10.1. The van der Waals surface area contributed by atoms with Gasteiger partial charge in [0.05, 0.1) is 0 Å². The molecule has 2 aromatic rings. The molecule has 19 heavy (non-hydrogen) atoms. The molecule has 0 aliphatic heterocycles. The van der Waals surface area contributed by atoms with Crippen LogP contribution in [0, 0.1) is 6.92 Å². The van der Waals surface area contributed by atoms with Gasteiger partial charge in [-0.15, -0.1) is 11.6 Å². The first-order valence-electron chi connectivity index (χ1n) is 5.70. The average Bonchev–Trinajstić information content (AvgIpc) is 2.42. The first kappa shape index (κ1) is 14.0. The summed E-state index contributed by atoms with van der Waals surface area (Å²) in [5.41, 5.74) is 1.64. The number of carbonyl (C=O) groups is 1. The third kappa shape index (κ3) is 3.55. The first-order valence-corrected chi connectivity index (χ1v) is 6.93. The van der Waals surface area contributed by atoms with Crippen molar-refractivity contribution < 1.29 is 4.79 Å². The molecule has 0 fully saturated rings. The zero-order valence-electron chi connectivity index (χ0n) is 10.2. The number of alkyl halides is 1. The summed E-state index contributed by atoms with van der Waals surface area (Å²) in [7, 11) is 0. The zero-order chi connectivity index (χ0) is 13.8. The third-order valence-electron chi connectivity index (χ3n) is 2.61. The van der Waals surface area contributed by atoms with Crippen molar-refractivity contribution in [2.45, 2.75) is 12.3 Å². The van der Waals surface area contributed by atoms with Crippen molar-refractivity contribution in [1.29, 1.82) is 0 Å². The second-order valence-electron chi connectivity index (χ2n) is 4.08. The van der Waals surface area contributed by atoms with Gasteiger partial charge in [-0.3, -0.25) is 4.79 Å². The average molecular weight is 340 g/mol. The molecule has 1 aromatic carbocycles. The summed E-state index contributed by atoms with van der Waals surface area (Å²) >= 11 is 9.47. The van der Waals surface area contributed by atoms with Crippen LogP contribution < -0.4 is 5.32 Å². The standard InChI is InChI=1S/C14H12BrClN2O/c1-9-7-11(15)8-17-13(9)18-14(19)12(16)10-5-3-2-4-6-10/h2-8,12H,1H3,(H,17,18,19). The quantitative estimate of drug-likeness (QED) is 0.856. The van der Waals surface area contributed by atoms with Gasteiger partial charge in [0.15, 0.2) is 0 Å². The monoisotopic (exact) mass is 338 g/mol. The number of halogens is 2. The van der Waals surface area contributed by atoms with Crippen molar-refractivity contribution in [3.05, 3.63) is 58.2 Å². The number of anilines is 1. The van der Waals surface area contributed by atoms with Crippen LogP contribution in [0.2, 0.25) is 0 Å². The van der Waals surface area contributed by atoms with Crippen LogP contribution in [-0.2, 0) is 4.79 Å². The fourth-order valence-electron chi connectivity index (χ4n) is 1.62. The highest BCUT2D eigenvalue weighted by Gasteiger charge is 2.18. The maximum absolute atomic E-state index is 12.1. The number of hydrogen-bond donors (Lipinski definition) is 1. The van der Waals surface area contributed by atoms with Gasteiger partial charge in [0.2, 0.25) is 5.91 Å². The van der Waals surface area contributed by atoms with E-state index in [9.17, 15) is 4.79 Å². The van der Waals surface area contributed by atoms with E-state index in [1.165, 1.54) is 0 Å². The van der Waals surface area contributed by atoms with Gasteiger partial charge in [0.1, 0.15) is 11.2 Å². The van der Waals surface area contributed by atoms with Crippen LogP contribution in [0.25, 0.3) is 0 Å². The summed E-state index contributed by atoms with van der Waals surface area (Å²) in [5.74, 6) is 0.237. The minimum atomic E-state index is -0.731. The molecule has 1 aromatic heterocycles. The smallest absolute Gasteiger partial charge is 0.248 e. The Kier molecular flexibility index (Phi) is 4.56. The molecule has 0 saturated heterocycles. The van der Waals surface area contributed by atoms with Crippen molar-refractivity contribution in [2.24, 2.45) is 0 Å². The number of carbonyl (C=O) groups excluding carboxylic acids is 1. The minimum Gasteiger partial charge on any atom is -0.309 e. The van der Waals surface area contributed by atoms with Gasteiger partial charge >= 0.3 is 0 Å². The zero-order valence-corrected chi connectivity index (χ0v) is 12.6. The molecule has 1 amide bonds. The van der Waals surface area contributed by atoms with E-state index in [4.69, 9.17) is 11.6 Å². The number of hydrogen-bond acceptors (Lipinski definition) is 2. The topological polar surface area (TPSA) is 42.0 Å². The molecule has 2 rings (SSSR count). The SMILES string of the molecule is Cc1cc(Br)cnc1NC(=O)C(Cl)c1ccccc1. The molecule has 0 aliphatic rings. The molecule has 1 heterocycles. The molecule has 0 bridgehead atoms. The minimum absolute atomic E-state index is 0.286. The molecule has 0 spiro atoms. The molecular weight excluding hydrogens is 328 g/mol. The number of pyridine rings is 1. The van der Waals surface area contributed by atoms with E-state index < -0.39 is 5.38 Å². The third-order valence-corrected chi connectivity index (χ3v) is 3.49. The molecule has 98 valence electrons. The second kappa shape index (κ2) is 6.17. The van der Waals surface area contributed by atoms with Crippen molar-refractivity contribution in [2.75, 3.05) is 5.32 Å². The molecule has 5 heteroatoms. The number of nitrogens with zero attached hydrogens (tertiary/aromatic N) is 1. The van der Waals surface area contributed by atoms with Crippen LogP contribution in [0.1, 0.15) is 16.5 Å². The Bertz CT molecular complexity index is 589. The van der Waals surface area contributed by atoms with Gasteiger partial charge in [-0.25, -0.2) is 4.98 Å². The van der Waals surface area contributed by atoms with Crippen LogP contribution in [0.15, 0.2) is 47.1 Å². The Morgan fingerprint density at radius 1 is 1.37 bits per heavy atom. The van der Waals surface area contributed by atoms with Gasteiger partial charge < -0.3 is 5.32 Å². The van der Waals surface area contributed by atoms with Crippen molar-refractivity contribution >= 4 is 39.3 Å². The summed E-state index contributed by atoms with van der Waals surface area (Å²) in [4.78, 5) is 16.2. The molecule has 0 saturated carbocycles. The van der Waals surface area contributed by atoms with Crippen molar-refractivity contribution in [1.82, 2.24) is 4.98 Å². The lowest BCUT2D eigenvalue weighted by molar-refractivity contribution is -0.116. The van der Waals surface area contributed by atoms with E-state index in [1.807, 2.05) is 43.3 Å². The normalized spacial score (nSPS) is 11.9. The predicted molar refractivity (Wildman–Crippen MR) is 80.3 cm³/mol. The van der Waals surface area contributed by atoms with E-state index >= 15 is 0 Å². The fourth-order valence-corrected chi connectivity index (χ4v) is 2.27. The van der Waals surface area contributed by atoms with Gasteiger partial charge in [0, 0.05) is 10.7 Å². The number of benzene rings is 1. The lowest BCUT2D eigenvalue weighted by Crippen LogP contribution is -2.18. The maximum Gasteiger partial charge on any atom is 0.248 e. The summed E-state index contributed by atoms with van der Waals surface area (Å²) < 4.78 is 0.869. The Labute approximate surface area is 125 Å². The lowest BCUT2D eigenvalue weighted by Gasteiger charge is -2.11. The predicted octanol–water partition coefficient (Wildman–Crippen LogP) is 4.07.